The summed E-state index contributed by atoms with van der Waals surface area (Å²) < 4.78 is 40.4. The lowest BCUT2D eigenvalue weighted by Crippen LogP contribution is -2.45. The Bertz CT molecular complexity index is 1170. The molecule has 10 heteroatoms. The number of rotatable bonds is 6. The quantitative estimate of drug-likeness (QED) is 0.550. The lowest BCUT2D eigenvalue weighted by Gasteiger charge is -2.35. The average Bonchev–Trinajstić information content (AvgIpc) is 2.82. The van der Waals surface area contributed by atoms with Crippen molar-refractivity contribution < 1.29 is 18.0 Å². The van der Waals surface area contributed by atoms with Crippen molar-refractivity contribution in [3.05, 3.63) is 71.6 Å². The molecule has 0 bridgehead atoms. The number of amides is 1. The van der Waals surface area contributed by atoms with Crippen molar-refractivity contribution in [3.8, 4) is 0 Å². The number of hydrogen-bond donors (Lipinski definition) is 2. The predicted molar refractivity (Wildman–Crippen MR) is 122 cm³/mol. The highest BCUT2D eigenvalue weighted by atomic mass is 19.1. The molecule has 1 aliphatic rings. The summed E-state index contributed by atoms with van der Waals surface area (Å²) in [6.07, 6.45) is 2.68. The number of likely N-dealkylation sites (tertiary alicyclic amines) is 1. The molecule has 34 heavy (non-hydrogen) atoms. The minimum Gasteiger partial charge on any atom is -0.325 e. The van der Waals surface area contributed by atoms with E-state index in [1.54, 1.807) is 13.8 Å². The van der Waals surface area contributed by atoms with Gasteiger partial charge in [-0.1, -0.05) is 0 Å². The highest BCUT2D eigenvalue weighted by Gasteiger charge is 2.28. The summed E-state index contributed by atoms with van der Waals surface area (Å²) >= 11 is 0. The standard InChI is InChI=1S/C24H25F3N6O/c1-14(24(34)31-21-11-17(25)3-5-19(21)27)33-9-7-16(8-10-33)20-12-23(30-15(2)29-20)32-22-6-4-18(26)13-28-22/h3-6,11-14,16H,7-10H2,1-2H3,(H,31,34)(H,28,29,30,32)/t14-/m0/s1. The van der Waals surface area contributed by atoms with Crippen LogP contribution in [0.4, 0.5) is 30.5 Å². The Morgan fingerprint density at radius 2 is 1.76 bits per heavy atom. The van der Waals surface area contributed by atoms with Crippen molar-refractivity contribution in [2.75, 3.05) is 23.7 Å². The summed E-state index contributed by atoms with van der Waals surface area (Å²) in [5.74, 6) is -0.261. The van der Waals surface area contributed by atoms with Gasteiger partial charge in [-0.3, -0.25) is 9.69 Å². The Hall–Kier alpha value is -3.53. The smallest absolute Gasteiger partial charge is 0.241 e. The Morgan fingerprint density at radius 1 is 1.03 bits per heavy atom. The van der Waals surface area contributed by atoms with Crippen molar-refractivity contribution in [2.24, 2.45) is 0 Å². The van der Waals surface area contributed by atoms with E-state index in [1.165, 1.54) is 12.1 Å². The third-order valence-corrected chi connectivity index (χ3v) is 5.90. The fourth-order valence-electron chi connectivity index (χ4n) is 4.02. The molecular weight excluding hydrogens is 445 g/mol. The summed E-state index contributed by atoms with van der Waals surface area (Å²) in [4.78, 5) is 27.6. The first-order chi connectivity index (χ1) is 16.3. The van der Waals surface area contributed by atoms with Crippen LogP contribution in [0, 0.1) is 24.4 Å². The lowest BCUT2D eigenvalue weighted by molar-refractivity contribution is -0.121. The largest absolute Gasteiger partial charge is 0.325 e. The topological polar surface area (TPSA) is 83.0 Å². The van der Waals surface area contributed by atoms with Gasteiger partial charge in [0.2, 0.25) is 5.91 Å². The number of aryl methyl sites for hydroxylation is 1. The third kappa shape index (κ3) is 5.69. The van der Waals surface area contributed by atoms with Crippen LogP contribution >= 0.6 is 0 Å². The Labute approximate surface area is 195 Å². The van der Waals surface area contributed by atoms with Crippen LogP contribution in [-0.4, -0.2) is 44.9 Å². The minimum atomic E-state index is -0.681. The molecule has 1 amide bonds. The number of aromatic nitrogens is 3. The van der Waals surface area contributed by atoms with E-state index >= 15 is 0 Å². The van der Waals surface area contributed by atoms with Crippen molar-refractivity contribution in [1.29, 1.82) is 0 Å². The van der Waals surface area contributed by atoms with Gasteiger partial charge in [-0.2, -0.15) is 0 Å². The number of nitrogens with zero attached hydrogens (tertiary/aromatic N) is 4. The van der Waals surface area contributed by atoms with E-state index in [2.05, 4.69) is 25.6 Å². The van der Waals surface area contributed by atoms with Crippen LogP contribution in [-0.2, 0) is 4.79 Å². The number of anilines is 3. The van der Waals surface area contributed by atoms with Gasteiger partial charge in [0, 0.05) is 23.7 Å². The van der Waals surface area contributed by atoms with Gasteiger partial charge in [-0.25, -0.2) is 28.1 Å². The summed E-state index contributed by atoms with van der Waals surface area (Å²) in [6, 6.07) is 7.17. The summed E-state index contributed by atoms with van der Waals surface area (Å²) in [7, 11) is 0. The van der Waals surface area contributed by atoms with E-state index in [0.29, 0.717) is 30.5 Å². The van der Waals surface area contributed by atoms with Crippen LogP contribution in [0.5, 0.6) is 0 Å². The first-order valence-corrected chi connectivity index (χ1v) is 11.0. The van der Waals surface area contributed by atoms with Gasteiger partial charge in [0.1, 0.15) is 34.9 Å². The molecule has 0 aliphatic carbocycles. The number of pyridine rings is 1. The number of halogens is 3. The average molecular weight is 470 g/mol. The molecule has 7 nitrogen and oxygen atoms in total. The number of carbonyl (C=O) groups is 1. The number of hydrogen-bond acceptors (Lipinski definition) is 6. The SMILES string of the molecule is Cc1nc(Nc2ccc(F)cn2)cc(C2CCN([C@@H](C)C(=O)Nc3cc(F)ccc3F)CC2)n1. The van der Waals surface area contributed by atoms with Crippen molar-refractivity contribution >= 4 is 23.2 Å². The molecule has 2 N–H and O–H groups in total. The molecule has 4 rings (SSSR count). The van der Waals surface area contributed by atoms with Gasteiger partial charge in [0.05, 0.1) is 17.9 Å². The van der Waals surface area contributed by atoms with Crippen molar-refractivity contribution in [2.45, 2.75) is 38.6 Å². The molecule has 1 aromatic carbocycles. The lowest BCUT2D eigenvalue weighted by atomic mass is 9.92. The Kier molecular flexibility index (Phi) is 7.06. The zero-order valence-electron chi connectivity index (χ0n) is 18.9. The molecule has 1 aliphatic heterocycles. The van der Waals surface area contributed by atoms with E-state index in [-0.39, 0.29) is 17.5 Å². The van der Waals surface area contributed by atoms with Crippen LogP contribution in [0.3, 0.4) is 0 Å². The van der Waals surface area contributed by atoms with Crippen LogP contribution in [0.25, 0.3) is 0 Å². The minimum absolute atomic E-state index is 0.168. The van der Waals surface area contributed by atoms with E-state index in [4.69, 9.17) is 0 Å². The van der Waals surface area contributed by atoms with Crippen LogP contribution in [0.1, 0.15) is 37.2 Å². The second-order valence-corrected chi connectivity index (χ2v) is 8.31. The maximum atomic E-state index is 13.9. The maximum Gasteiger partial charge on any atom is 0.241 e. The highest BCUT2D eigenvalue weighted by molar-refractivity contribution is 5.94. The predicted octanol–water partition coefficient (Wildman–Crippen LogP) is 4.55. The zero-order chi connectivity index (χ0) is 24.2. The molecule has 2 aromatic heterocycles. The first-order valence-electron chi connectivity index (χ1n) is 11.0. The molecule has 1 fully saturated rings. The van der Waals surface area contributed by atoms with Gasteiger partial charge < -0.3 is 10.6 Å². The molecule has 0 saturated carbocycles. The number of carbonyl (C=O) groups excluding carboxylic acids is 1. The van der Waals surface area contributed by atoms with E-state index in [1.807, 2.05) is 11.0 Å². The molecule has 3 heterocycles. The molecular formula is C24H25F3N6O. The van der Waals surface area contributed by atoms with Crippen LogP contribution in [0.2, 0.25) is 0 Å². The second-order valence-electron chi connectivity index (χ2n) is 8.31. The molecule has 178 valence electrons. The molecule has 0 unspecified atom stereocenters. The maximum absolute atomic E-state index is 13.9. The van der Waals surface area contributed by atoms with E-state index in [9.17, 15) is 18.0 Å². The van der Waals surface area contributed by atoms with Gasteiger partial charge >= 0.3 is 0 Å². The fourth-order valence-corrected chi connectivity index (χ4v) is 4.02. The first kappa shape index (κ1) is 23.6. The molecule has 1 saturated heterocycles. The zero-order valence-corrected chi connectivity index (χ0v) is 18.9. The Morgan fingerprint density at radius 3 is 2.47 bits per heavy atom. The van der Waals surface area contributed by atoms with Crippen LogP contribution < -0.4 is 10.6 Å². The van der Waals surface area contributed by atoms with E-state index in [0.717, 1.165) is 42.9 Å². The summed E-state index contributed by atoms with van der Waals surface area (Å²) in [5.41, 5.74) is 0.717. The van der Waals surface area contributed by atoms with Crippen molar-refractivity contribution in [1.82, 2.24) is 19.9 Å². The molecule has 0 radical (unpaired) electrons. The van der Waals surface area contributed by atoms with Crippen LogP contribution in [0.15, 0.2) is 42.6 Å². The summed E-state index contributed by atoms with van der Waals surface area (Å²) in [5, 5.41) is 5.55. The molecule has 1 atom stereocenters. The van der Waals surface area contributed by atoms with Gasteiger partial charge in [0.25, 0.3) is 0 Å². The third-order valence-electron chi connectivity index (χ3n) is 5.90. The normalized spacial score (nSPS) is 15.7. The monoisotopic (exact) mass is 470 g/mol. The number of piperidine rings is 1. The van der Waals surface area contributed by atoms with Gasteiger partial charge in [-0.05, 0) is 64.0 Å². The fraction of sp³-hybridized carbons (Fsp3) is 0.333. The molecule has 3 aromatic rings. The second kappa shape index (κ2) is 10.2. The van der Waals surface area contributed by atoms with E-state index < -0.39 is 23.5 Å². The Balaban J connectivity index is 1.37. The number of nitrogens with one attached hydrogen (secondary N) is 2. The van der Waals surface area contributed by atoms with Crippen molar-refractivity contribution in [3.63, 3.8) is 0 Å². The highest BCUT2D eigenvalue weighted by Crippen LogP contribution is 2.29. The number of benzene rings is 1. The van der Waals surface area contributed by atoms with Gasteiger partial charge in [0.15, 0.2) is 0 Å². The van der Waals surface area contributed by atoms with Gasteiger partial charge in [-0.15, -0.1) is 0 Å². The summed E-state index contributed by atoms with van der Waals surface area (Å²) in [6.45, 7) is 4.85. The molecule has 0 spiro atoms.